The Hall–Kier alpha value is -1.83. The number of hydrogen-bond donors (Lipinski definition) is 8. The molecule has 3 rings (SSSR count). The number of hydrogen-bond acceptors (Lipinski definition) is 14. The Bertz CT molecular complexity index is 1200. The highest BCUT2D eigenvalue weighted by molar-refractivity contribution is 7.61. The number of aliphatic hydroxyl groups is 4. The van der Waals surface area contributed by atoms with Gasteiger partial charge in [0.2, 0.25) is 5.91 Å². The van der Waals surface area contributed by atoms with Crippen molar-refractivity contribution in [2.24, 2.45) is 0 Å². The predicted molar refractivity (Wildman–Crippen MR) is 119 cm³/mol. The summed E-state index contributed by atoms with van der Waals surface area (Å²) >= 11 is 0. The molecular formula is C17H27N3O16P2. The molecule has 19 nitrogen and oxygen atoms in total. The first-order chi connectivity index (χ1) is 17.6. The lowest BCUT2D eigenvalue weighted by molar-refractivity contribution is -0.255. The van der Waals surface area contributed by atoms with Gasteiger partial charge in [-0.3, -0.25) is 28.2 Å². The van der Waals surface area contributed by atoms with Crippen LogP contribution in [-0.4, -0.2) is 102 Å². The highest BCUT2D eigenvalue weighted by Gasteiger charge is 2.49. The van der Waals surface area contributed by atoms with E-state index in [2.05, 4.69) is 18.7 Å². The van der Waals surface area contributed by atoms with Gasteiger partial charge < -0.3 is 45.0 Å². The normalized spacial score (nSPS) is 34.8. The first-order valence-electron chi connectivity index (χ1n) is 10.9. The van der Waals surface area contributed by atoms with Gasteiger partial charge in [0.25, 0.3) is 5.56 Å². The van der Waals surface area contributed by atoms with Crippen LogP contribution >= 0.6 is 15.6 Å². The number of nitrogens with zero attached hydrogens (tertiary/aromatic N) is 1. The molecule has 0 spiro atoms. The molecular weight excluding hydrogens is 564 g/mol. The highest BCUT2D eigenvalue weighted by Crippen LogP contribution is 2.61. The largest absolute Gasteiger partial charge is 0.483 e. The summed E-state index contributed by atoms with van der Waals surface area (Å²) in [4.78, 5) is 56.1. The molecule has 2 aliphatic rings. The molecule has 1 amide bonds. The number of amides is 1. The van der Waals surface area contributed by atoms with Crippen molar-refractivity contribution in [1.29, 1.82) is 0 Å². The molecule has 4 unspecified atom stereocenters. The number of nitrogens with one attached hydrogen (secondary N) is 2. The fourth-order valence-corrected chi connectivity index (χ4v) is 5.91. The maximum atomic E-state index is 12.3. The van der Waals surface area contributed by atoms with Gasteiger partial charge in [0, 0.05) is 25.6 Å². The van der Waals surface area contributed by atoms with Gasteiger partial charge in [-0.1, -0.05) is 0 Å². The number of rotatable bonds is 10. The van der Waals surface area contributed by atoms with E-state index in [9.17, 15) is 53.7 Å². The molecule has 8 N–H and O–H groups in total. The Kier molecular flexibility index (Phi) is 9.81. The number of aliphatic hydroxyl groups excluding tert-OH is 4. The molecule has 21 heteroatoms. The molecule has 1 aromatic heterocycles. The number of carbonyl (C=O) groups is 1. The summed E-state index contributed by atoms with van der Waals surface area (Å²) in [5.41, 5.74) is -1.51. The number of ether oxygens (including phenoxy) is 2. The van der Waals surface area contributed by atoms with Gasteiger partial charge in [0.1, 0.15) is 30.6 Å². The average Bonchev–Trinajstić information content (AvgIpc) is 3.16. The topological polar surface area (TPSA) is 286 Å². The van der Waals surface area contributed by atoms with E-state index < -0.39 is 95.1 Å². The van der Waals surface area contributed by atoms with Crippen LogP contribution in [0.4, 0.5) is 0 Å². The molecule has 216 valence electrons. The molecule has 1 aromatic rings. The lowest BCUT2D eigenvalue weighted by Gasteiger charge is -2.42. The summed E-state index contributed by atoms with van der Waals surface area (Å²) in [6, 6.07) is -0.295. The second-order valence-electron chi connectivity index (χ2n) is 8.30. The Balaban J connectivity index is 1.59. The fourth-order valence-electron chi connectivity index (χ4n) is 3.75. The van der Waals surface area contributed by atoms with Crippen molar-refractivity contribution in [2.75, 3.05) is 13.2 Å². The zero-order valence-corrected chi connectivity index (χ0v) is 21.3. The zero-order chi connectivity index (χ0) is 28.4. The van der Waals surface area contributed by atoms with E-state index in [0.29, 0.717) is 0 Å². The minimum Gasteiger partial charge on any atom is -0.394 e. The quantitative estimate of drug-likeness (QED) is 0.122. The third-order valence-corrected chi connectivity index (χ3v) is 8.07. The second kappa shape index (κ2) is 12.1. The van der Waals surface area contributed by atoms with E-state index in [-0.39, 0.29) is 6.42 Å². The second-order valence-corrected chi connectivity index (χ2v) is 11.3. The van der Waals surface area contributed by atoms with Crippen LogP contribution in [0.25, 0.3) is 0 Å². The van der Waals surface area contributed by atoms with Crippen LogP contribution in [0, 0.1) is 0 Å². The summed E-state index contributed by atoms with van der Waals surface area (Å²) in [7, 11) is -11.0. The monoisotopic (exact) mass is 591 g/mol. The van der Waals surface area contributed by atoms with E-state index in [1.165, 1.54) is 0 Å². The van der Waals surface area contributed by atoms with E-state index in [1.807, 2.05) is 4.98 Å². The smallest absolute Gasteiger partial charge is 0.394 e. The lowest BCUT2D eigenvalue weighted by atomic mass is 9.96. The Morgan fingerprint density at radius 2 is 1.84 bits per heavy atom. The first-order valence-corrected chi connectivity index (χ1v) is 13.9. The van der Waals surface area contributed by atoms with Gasteiger partial charge in [-0.15, -0.1) is 0 Å². The molecule has 0 saturated carbocycles. The predicted octanol–water partition coefficient (Wildman–Crippen LogP) is -3.62. The van der Waals surface area contributed by atoms with Crippen molar-refractivity contribution in [1.82, 2.24) is 14.9 Å². The molecule has 0 radical (unpaired) electrons. The Morgan fingerprint density at radius 3 is 2.45 bits per heavy atom. The van der Waals surface area contributed by atoms with Crippen LogP contribution in [0.15, 0.2) is 21.9 Å². The number of aromatic amines is 1. The van der Waals surface area contributed by atoms with Crippen molar-refractivity contribution >= 4 is 21.6 Å². The van der Waals surface area contributed by atoms with Crippen molar-refractivity contribution in [3.05, 3.63) is 33.1 Å². The lowest BCUT2D eigenvalue weighted by Crippen LogP contribution is -2.64. The van der Waals surface area contributed by atoms with Crippen LogP contribution < -0.4 is 16.6 Å². The SMILES string of the molecule is CC(=O)N[C@H]1[C@H](O)[C@@H](O)C(OP(=O)(O)OP(=O)(O)OC[C@H]2OC(n3ccc(=O)[nH]c3=O)C[C@@H]2O)O[C@@H]1CO. The molecule has 2 fully saturated rings. The summed E-state index contributed by atoms with van der Waals surface area (Å²) < 4.78 is 49.3. The maximum absolute atomic E-state index is 12.3. The number of H-pyrrole nitrogens is 1. The van der Waals surface area contributed by atoms with Crippen LogP contribution in [0.3, 0.4) is 0 Å². The van der Waals surface area contributed by atoms with Gasteiger partial charge in [0.15, 0.2) is 6.29 Å². The summed E-state index contributed by atoms with van der Waals surface area (Å²) in [6.07, 6.45) is -10.3. The fraction of sp³-hybridized carbons (Fsp3) is 0.706. The van der Waals surface area contributed by atoms with Crippen LogP contribution in [0.2, 0.25) is 0 Å². The van der Waals surface area contributed by atoms with Crippen LogP contribution in [0.5, 0.6) is 0 Å². The van der Waals surface area contributed by atoms with E-state index in [0.717, 1.165) is 23.8 Å². The number of carbonyl (C=O) groups excluding carboxylic acids is 1. The average molecular weight is 591 g/mol. The van der Waals surface area contributed by atoms with Gasteiger partial charge in [-0.25, -0.2) is 13.9 Å². The first kappa shape index (κ1) is 30.7. The van der Waals surface area contributed by atoms with Crippen LogP contribution in [-0.2, 0) is 36.8 Å². The molecule has 2 saturated heterocycles. The molecule has 0 aromatic carbocycles. The number of aromatic nitrogens is 2. The minimum atomic E-state index is -5.56. The third kappa shape index (κ3) is 7.64. The van der Waals surface area contributed by atoms with E-state index >= 15 is 0 Å². The van der Waals surface area contributed by atoms with Crippen molar-refractivity contribution in [2.45, 2.75) is 62.4 Å². The summed E-state index contributed by atoms with van der Waals surface area (Å²) in [6.45, 7) is -0.609. The minimum absolute atomic E-state index is 0.178. The van der Waals surface area contributed by atoms with Gasteiger partial charge >= 0.3 is 21.3 Å². The molecule has 0 aliphatic carbocycles. The van der Waals surface area contributed by atoms with Crippen molar-refractivity contribution < 1.29 is 67.0 Å². The molecule has 0 bridgehead atoms. The molecule has 10 atom stereocenters. The van der Waals surface area contributed by atoms with E-state index in [1.54, 1.807) is 0 Å². The van der Waals surface area contributed by atoms with E-state index in [4.69, 9.17) is 9.47 Å². The standard InChI is InChI=1S/C17H27N3O16P2/c1-7(22)18-13-9(5-21)34-16(15(26)14(13)25)35-38(30,31)36-37(28,29)32-6-10-8(23)4-12(33-10)20-3-2-11(24)19-17(20)27/h2-3,8-10,12-16,21,23,25-26H,4-6H2,1H3,(H,18,22)(H,28,29)(H,30,31)(H,19,24,27)/t8-,9+,10+,12?,13+,14-,15+,16?/m0/s1. The maximum Gasteiger partial charge on any atom is 0.483 e. The van der Waals surface area contributed by atoms with Crippen LogP contribution in [0.1, 0.15) is 19.6 Å². The van der Waals surface area contributed by atoms with Gasteiger partial charge in [0.05, 0.1) is 25.4 Å². The Morgan fingerprint density at radius 1 is 1.16 bits per heavy atom. The Labute approximate surface area is 212 Å². The number of phosphoric acid groups is 2. The van der Waals surface area contributed by atoms with Crippen molar-refractivity contribution in [3.63, 3.8) is 0 Å². The summed E-state index contributed by atoms with van der Waals surface area (Å²) in [5, 5.41) is 42.2. The van der Waals surface area contributed by atoms with Gasteiger partial charge in [-0.05, 0) is 0 Å². The van der Waals surface area contributed by atoms with Gasteiger partial charge in [-0.2, -0.15) is 4.31 Å². The highest BCUT2D eigenvalue weighted by atomic mass is 31.3. The number of phosphoric ester groups is 2. The molecule has 2 aliphatic heterocycles. The molecule has 38 heavy (non-hydrogen) atoms. The zero-order valence-electron chi connectivity index (χ0n) is 19.5. The van der Waals surface area contributed by atoms with Crippen molar-refractivity contribution in [3.8, 4) is 0 Å². The molecule has 3 heterocycles. The summed E-state index contributed by atoms with van der Waals surface area (Å²) in [5.74, 6) is -0.648. The third-order valence-electron chi connectivity index (χ3n) is 5.47.